The Morgan fingerprint density at radius 1 is 1.08 bits per heavy atom. The van der Waals surface area contributed by atoms with Crippen molar-refractivity contribution in [3.63, 3.8) is 0 Å². The van der Waals surface area contributed by atoms with Gasteiger partial charge in [-0.2, -0.15) is 0 Å². The number of aryl methyl sites for hydroxylation is 1. The average molecular weight is 341 g/mol. The molecule has 0 radical (unpaired) electrons. The third-order valence-corrected chi connectivity index (χ3v) is 4.55. The number of hydrogen-bond donors (Lipinski definition) is 1. The summed E-state index contributed by atoms with van der Waals surface area (Å²) in [5.74, 6) is -0.172. The van der Waals surface area contributed by atoms with Gasteiger partial charge in [-0.05, 0) is 30.7 Å². The van der Waals surface area contributed by atoms with Crippen LogP contribution in [0.1, 0.15) is 11.1 Å². The highest BCUT2D eigenvalue weighted by Crippen LogP contribution is 2.17. The van der Waals surface area contributed by atoms with Gasteiger partial charge >= 0.3 is 0 Å². The highest BCUT2D eigenvalue weighted by atomic mass is 19.1. The fourth-order valence-corrected chi connectivity index (χ4v) is 3.10. The van der Waals surface area contributed by atoms with Crippen molar-refractivity contribution in [2.24, 2.45) is 0 Å². The van der Waals surface area contributed by atoms with E-state index in [2.05, 4.69) is 41.4 Å². The summed E-state index contributed by atoms with van der Waals surface area (Å²) < 4.78 is 13.6. The Balaban J connectivity index is 1.45. The van der Waals surface area contributed by atoms with E-state index in [-0.39, 0.29) is 18.3 Å². The maximum atomic E-state index is 13.6. The molecule has 0 atom stereocenters. The number of carbonyl (C=O) groups is 1. The number of hydrogen-bond acceptors (Lipinski definition) is 3. The first-order chi connectivity index (χ1) is 12.1. The Labute approximate surface area is 148 Å². The predicted octanol–water partition coefficient (Wildman–Crippen LogP) is 2.57. The van der Waals surface area contributed by atoms with Gasteiger partial charge in [-0.3, -0.25) is 4.79 Å². The maximum absolute atomic E-state index is 13.6. The number of halogens is 1. The molecule has 25 heavy (non-hydrogen) atoms. The van der Waals surface area contributed by atoms with Crippen LogP contribution in [0.3, 0.4) is 0 Å². The van der Waals surface area contributed by atoms with E-state index < -0.39 is 0 Å². The quantitative estimate of drug-likeness (QED) is 0.908. The van der Waals surface area contributed by atoms with Crippen LogP contribution < -0.4 is 10.2 Å². The van der Waals surface area contributed by atoms with Crippen LogP contribution in [-0.2, 0) is 11.3 Å². The van der Waals surface area contributed by atoms with Gasteiger partial charge in [0.25, 0.3) is 0 Å². The lowest BCUT2D eigenvalue weighted by Gasteiger charge is -2.36. The fraction of sp³-hybridized carbons (Fsp3) is 0.350. The van der Waals surface area contributed by atoms with Crippen molar-refractivity contribution >= 4 is 11.6 Å². The second kappa shape index (κ2) is 8.12. The van der Waals surface area contributed by atoms with Crippen LogP contribution in [0.15, 0.2) is 48.5 Å². The minimum Gasteiger partial charge on any atom is -0.368 e. The monoisotopic (exact) mass is 341 g/mol. The number of benzene rings is 2. The summed E-state index contributed by atoms with van der Waals surface area (Å²) >= 11 is 0. The molecule has 0 bridgehead atoms. The lowest BCUT2D eigenvalue weighted by Crippen LogP contribution is -2.50. The van der Waals surface area contributed by atoms with Gasteiger partial charge in [-0.1, -0.05) is 30.3 Å². The number of nitrogens with one attached hydrogen (secondary N) is 1. The van der Waals surface area contributed by atoms with Gasteiger partial charge in [0, 0.05) is 44.0 Å². The molecule has 1 N–H and O–H groups in total. The first-order valence-electron chi connectivity index (χ1n) is 8.67. The topological polar surface area (TPSA) is 35.6 Å². The zero-order chi connectivity index (χ0) is 17.6. The van der Waals surface area contributed by atoms with Crippen molar-refractivity contribution in [1.82, 2.24) is 10.2 Å². The van der Waals surface area contributed by atoms with Gasteiger partial charge in [0.1, 0.15) is 5.82 Å². The van der Waals surface area contributed by atoms with E-state index >= 15 is 0 Å². The zero-order valence-corrected chi connectivity index (χ0v) is 14.5. The summed E-state index contributed by atoms with van der Waals surface area (Å²) in [7, 11) is 0. The number of amides is 1. The SMILES string of the molecule is Cc1cccc(N2CCN(C(=O)CNCc3ccccc3F)CC2)c1. The lowest BCUT2D eigenvalue weighted by atomic mass is 10.2. The standard InChI is InChI=1S/C20H24FN3O/c1-16-5-4-7-18(13-16)23-9-11-24(12-10-23)20(25)15-22-14-17-6-2-3-8-19(17)21/h2-8,13,22H,9-12,14-15H2,1H3. The maximum Gasteiger partial charge on any atom is 0.236 e. The zero-order valence-electron chi connectivity index (χ0n) is 14.5. The summed E-state index contributed by atoms with van der Waals surface area (Å²) in [6.07, 6.45) is 0. The molecule has 4 nitrogen and oxygen atoms in total. The van der Waals surface area contributed by atoms with Crippen LogP contribution in [0, 0.1) is 12.7 Å². The molecule has 0 saturated carbocycles. The van der Waals surface area contributed by atoms with Crippen molar-refractivity contribution in [3.8, 4) is 0 Å². The summed E-state index contributed by atoms with van der Waals surface area (Å²) in [5, 5.41) is 3.05. The third kappa shape index (κ3) is 4.57. The van der Waals surface area contributed by atoms with Gasteiger partial charge in [0.15, 0.2) is 0 Å². The van der Waals surface area contributed by atoms with Crippen LogP contribution in [-0.4, -0.2) is 43.5 Å². The van der Waals surface area contributed by atoms with Crippen LogP contribution in [0.4, 0.5) is 10.1 Å². The van der Waals surface area contributed by atoms with Crippen LogP contribution in [0.25, 0.3) is 0 Å². The molecular formula is C20H24FN3O. The van der Waals surface area contributed by atoms with E-state index in [4.69, 9.17) is 0 Å². The van der Waals surface area contributed by atoms with Crippen LogP contribution in [0.2, 0.25) is 0 Å². The van der Waals surface area contributed by atoms with Gasteiger partial charge in [0.05, 0.1) is 6.54 Å². The smallest absolute Gasteiger partial charge is 0.236 e. The second-order valence-corrected chi connectivity index (χ2v) is 6.40. The van der Waals surface area contributed by atoms with E-state index in [0.29, 0.717) is 25.2 Å². The molecule has 0 spiro atoms. The Bertz CT molecular complexity index is 726. The highest BCUT2D eigenvalue weighted by molar-refractivity contribution is 5.78. The van der Waals surface area contributed by atoms with Crippen molar-refractivity contribution < 1.29 is 9.18 Å². The molecule has 1 saturated heterocycles. The van der Waals surface area contributed by atoms with Crippen molar-refractivity contribution in [1.29, 1.82) is 0 Å². The molecule has 2 aromatic rings. The van der Waals surface area contributed by atoms with Gasteiger partial charge in [0.2, 0.25) is 5.91 Å². The summed E-state index contributed by atoms with van der Waals surface area (Å²) in [6.45, 7) is 5.79. The van der Waals surface area contributed by atoms with E-state index in [9.17, 15) is 9.18 Å². The van der Waals surface area contributed by atoms with E-state index in [1.54, 1.807) is 18.2 Å². The Morgan fingerprint density at radius 3 is 2.56 bits per heavy atom. The van der Waals surface area contributed by atoms with Gasteiger partial charge in [-0.15, -0.1) is 0 Å². The Morgan fingerprint density at radius 2 is 1.84 bits per heavy atom. The highest BCUT2D eigenvalue weighted by Gasteiger charge is 2.21. The minimum atomic E-state index is -0.241. The molecule has 0 aliphatic carbocycles. The molecule has 0 unspecified atom stereocenters. The van der Waals surface area contributed by atoms with Crippen molar-refractivity contribution in [2.75, 3.05) is 37.6 Å². The third-order valence-electron chi connectivity index (χ3n) is 4.55. The molecule has 1 aliphatic heterocycles. The molecular weight excluding hydrogens is 317 g/mol. The van der Waals surface area contributed by atoms with Gasteiger partial charge < -0.3 is 15.1 Å². The molecule has 1 heterocycles. The molecule has 0 aromatic heterocycles. The average Bonchev–Trinajstić information content (AvgIpc) is 2.63. The second-order valence-electron chi connectivity index (χ2n) is 6.40. The molecule has 2 aromatic carbocycles. The van der Waals surface area contributed by atoms with E-state index in [0.717, 1.165) is 13.1 Å². The summed E-state index contributed by atoms with van der Waals surface area (Å²) in [6, 6.07) is 15.1. The largest absolute Gasteiger partial charge is 0.368 e. The summed E-state index contributed by atoms with van der Waals surface area (Å²) in [5.41, 5.74) is 3.04. The molecule has 1 aliphatic rings. The summed E-state index contributed by atoms with van der Waals surface area (Å²) in [4.78, 5) is 16.5. The number of anilines is 1. The lowest BCUT2D eigenvalue weighted by molar-refractivity contribution is -0.130. The minimum absolute atomic E-state index is 0.0697. The number of carbonyl (C=O) groups excluding carboxylic acids is 1. The van der Waals surface area contributed by atoms with Gasteiger partial charge in [-0.25, -0.2) is 4.39 Å². The number of nitrogens with zero attached hydrogens (tertiary/aromatic N) is 2. The first kappa shape index (κ1) is 17.4. The molecule has 3 rings (SSSR count). The molecule has 1 fully saturated rings. The van der Waals surface area contributed by atoms with Crippen LogP contribution in [0.5, 0.6) is 0 Å². The predicted molar refractivity (Wildman–Crippen MR) is 98.1 cm³/mol. The molecule has 132 valence electrons. The number of rotatable bonds is 5. The van der Waals surface area contributed by atoms with Crippen LogP contribution >= 0.6 is 0 Å². The van der Waals surface area contributed by atoms with Crippen molar-refractivity contribution in [3.05, 3.63) is 65.5 Å². The van der Waals surface area contributed by atoms with E-state index in [1.165, 1.54) is 17.3 Å². The number of piperazine rings is 1. The normalized spacial score (nSPS) is 14.6. The molecule has 1 amide bonds. The van der Waals surface area contributed by atoms with E-state index in [1.807, 2.05) is 4.90 Å². The Hall–Kier alpha value is -2.40. The fourth-order valence-electron chi connectivity index (χ4n) is 3.10. The first-order valence-corrected chi connectivity index (χ1v) is 8.67. The molecule has 5 heteroatoms. The van der Waals surface area contributed by atoms with Crippen molar-refractivity contribution in [2.45, 2.75) is 13.5 Å². The Kier molecular flexibility index (Phi) is 5.66.